The Bertz CT molecular complexity index is 873. The van der Waals surface area contributed by atoms with Crippen LogP contribution in [0.3, 0.4) is 0 Å². The molecule has 1 aliphatic rings. The molecule has 1 aliphatic heterocycles. The molecule has 1 saturated heterocycles. The summed E-state index contributed by atoms with van der Waals surface area (Å²) in [4.78, 5) is 27.5. The van der Waals surface area contributed by atoms with E-state index in [9.17, 15) is 9.59 Å². The summed E-state index contributed by atoms with van der Waals surface area (Å²) in [7, 11) is 0. The first-order valence-electron chi connectivity index (χ1n) is 10.2. The molecule has 1 fully saturated rings. The number of amides is 3. The van der Waals surface area contributed by atoms with E-state index in [1.54, 1.807) is 6.07 Å². The Morgan fingerprint density at radius 1 is 1.00 bits per heavy atom. The van der Waals surface area contributed by atoms with Crippen molar-refractivity contribution in [2.24, 2.45) is 5.92 Å². The topological polar surface area (TPSA) is 73.5 Å². The summed E-state index contributed by atoms with van der Waals surface area (Å²) < 4.78 is 0. The second-order valence-electron chi connectivity index (χ2n) is 7.98. The quantitative estimate of drug-likeness (QED) is 0.669. The highest BCUT2D eigenvalue weighted by Crippen LogP contribution is 2.27. The molecule has 29 heavy (non-hydrogen) atoms. The lowest BCUT2D eigenvalue weighted by Gasteiger charge is -2.22. The number of benzene rings is 2. The highest BCUT2D eigenvalue weighted by molar-refractivity contribution is 6.04. The van der Waals surface area contributed by atoms with Gasteiger partial charge >= 0.3 is 6.03 Å². The Hall–Kier alpha value is -3.02. The summed E-state index contributed by atoms with van der Waals surface area (Å²) in [6.07, 6.45) is 2.26. The molecular formula is C23H30N4O2. The van der Waals surface area contributed by atoms with E-state index in [2.05, 4.69) is 34.7 Å². The normalized spacial score (nSPS) is 13.4. The largest absolute Gasteiger partial charge is 0.371 e. The highest BCUT2D eigenvalue weighted by Gasteiger charge is 2.20. The zero-order chi connectivity index (χ0) is 20.8. The molecule has 0 bridgehead atoms. The van der Waals surface area contributed by atoms with Gasteiger partial charge in [-0.15, -0.1) is 0 Å². The van der Waals surface area contributed by atoms with Crippen LogP contribution in [0.5, 0.6) is 0 Å². The van der Waals surface area contributed by atoms with Gasteiger partial charge in [0, 0.05) is 36.7 Å². The van der Waals surface area contributed by atoms with Crippen LogP contribution in [0.1, 0.15) is 42.6 Å². The van der Waals surface area contributed by atoms with Gasteiger partial charge in [0.25, 0.3) is 5.91 Å². The highest BCUT2D eigenvalue weighted by atomic mass is 16.2. The maximum absolute atomic E-state index is 12.8. The molecule has 0 aliphatic carbocycles. The number of nitrogens with one attached hydrogen (secondary N) is 3. The van der Waals surface area contributed by atoms with E-state index in [0.29, 0.717) is 23.7 Å². The van der Waals surface area contributed by atoms with Crippen LogP contribution in [0.15, 0.2) is 42.5 Å². The average molecular weight is 395 g/mol. The van der Waals surface area contributed by atoms with Crippen LogP contribution in [-0.2, 0) is 0 Å². The molecule has 6 heteroatoms. The van der Waals surface area contributed by atoms with Gasteiger partial charge in [-0.3, -0.25) is 4.79 Å². The third kappa shape index (κ3) is 5.73. The van der Waals surface area contributed by atoms with Crippen LogP contribution in [0, 0.1) is 12.8 Å². The summed E-state index contributed by atoms with van der Waals surface area (Å²) in [5.41, 5.74) is 3.91. The Morgan fingerprint density at radius 2 is 1.69 bits per heavy atom. The van der Waals surface area contributed by atoms with E-state index >= 15 is 0 Å². The van der Waals surface area contributed by atoms with Crippen LogP contribution in [0.25, 0.3) is 0 Å². The number of hydrogen-bond acceptors (Lipinski definition) is 3. The van der Waals surface area contributed by atoms with Crippen molar-refractivity contribution in [1.82, 2.24) is 5.32 Å². The van der Waals surface area contributed by atoms with Crippen molar-refractivity contribution in [3.8, 4) is 0 Å². The molecular weight excluding hydrogens is 364 g/mol. The second kappa shape index (κ2) is 9.45. The lowest BCUT2D eigenvalue weighted by molar-refractivity contribution is 0.0949. The molecule has 0 aromatic heterocycles. The summed E-state index contributed by atoms with van der Waals surface area (Å²) >= 11 is 0. The minimum absolute atomic E-state index is 0.108. The number of urea groups is 1. The van der Waals surface area contributed by atoms with Gasteiger partial charge in [-0.25, -0.2) is 4.79 Å². The van der Waals surface area contributed by atoms with E-state index in [1.807, 2.05) is 43.3 Å². The van der Waals surface area contributed by atoms with Gasteiger partial charge < -0.3 is 20.9 Å². The van der Waals surface area contributed by atoms with E-state index < -0.39 is 0 Å². The van der Waals surface area contributed by atoms with Crippen molar-refractivity contribution in [3.05, 3.63) is 53.6 Å². The lowest BCUT2D eigenvalue weighted by atomic mass is 10.1. The molecule has 0 radical (unpaired) electrons. The molecule has 0 atom stereocenters. The Balaban J connectivity index is 1.77. The average Bonchev–Trinajstić information content (AvgIpc) is 3.20. The molecule has 3 amide bonds. The number of anilines is 3. The minimum atomic E-state index is -0.335. The summed E-state index contributed by atoms with van der Waals surface area (Å²) in [6, 6.07) is 12.8. The van der Waals surface area contributed by atoms with E-state index in [1.165, 1.54) is 0 Å². The van der Waals surface area contributed by atoms with Crippen molar-refractivity contribution in [2.75, 3.05) is 35.2 Å². The maximum atomic E-state index is 12.8. The summed E-state index contributed by atoms with van der Waals surface area (Å²) in [6.45, 7) is 8.62. The molecule has 3 rings (SSSR count). The monoisotopic (exact) mass is 394 g/mol. The number of carbonyl (C=O) groups excluding carboxylic acids is 2. The van der Waals surface area contributed by atoms with Crippen molar-refractivity contribution in [3.63, 3.8) is 0 Å². The van der Waals surface area contributed by atoms with Crippen LogP contribution in [0.4, 0.5) is 21.9 Å². The third-order valence-electron chi connectivity index (χ3n) is 4.89. The van der Waals surface area contributed by atoms with Gasteiger partial charge in [0.2, 0.25) is 0 Å². The molecule has 0 unspecified atom stereocenters. The Kier molecular flexibility index (Phi) is 6.75. The molecule has 3 N–H and O–H groups in total. The number of rotatable bonds is 6. The number of hydrogen-bond donors (Lipinski definition) is 3. The standard InChI is InChI=1S/C23H30N4O2/c1-16(2)15-24-22(28)20-14-19(9-10-21(20)27-11-4-5-12-27)26-23(29)25-18-8-6-7-17(3)13-18/h6-10,13-14,16H,4-5,11-12,15H2,1-3H3,(H,24,28)(H2,25,26,29). The molecule has 154 valence electrons. The number of aryl methyl sites for hydroxylation is 1. The molecule has 2 aromatic rings. The first kappa shape index (κ1) is 20.7. The first-order chi connectivity index (χ1) is 13.9. The zero-order valence-electron chi connectivity index (χ0n) is 17.4. The first-order valence-corrected chi connectivity index (χ1v) is 10.2. The predicted octanol–water partition coefficient (Wildman–Crippen LogP) is 4.63. The van der Waals surface area contributed by atoms with Crippen molar-refractivity contribution < 1.29 is 9.59 Å². The molecule has 0 spiro atoms. The summed E-state index contributed by atoms with van der Waals surface area (Å²) in [5, 5.41) is 8.66. The van der Waals surface area contributed by atoms with Crippen LogP contribution in [-0.4, -0.2) is 31.6 Å². The second-order valence-corrected chi connectivity index (χ2v) is 7.98. The van der Waals surface area contributed by atoms with E-state index in [4.69, 9.17) is 0 Å². The molecule has 6 nitrogen and oxygen atoms in total. The number of nitrogens with zero attached hydrogens (tertiary/aromatic N) is 1. The fraction of sp³-hybridized carbons (Fsp3) is 0.391. The van der Waals surface area contributed by atoms with Crippen molar-refractivity contribution in [2.45, 2.75) is 33.6 Å². The fourth-order valence-corrected chi connectivity index (χ4v) is 3.44. The van der Waals surface area contributed by atoms with Crippen LogP contribution >= 0.6 is 0 Å². The zero-order valence-corrected chi connectivity index (χ0v) is 17.4. The number of carbonyl (C=O) groups is 2. The van der Waals surface area contributed by atoms with Crippen molar-refractivity contribution in [1.29, 1.82) is 0 Å². The lowest BCUT2D eigenvalue weighted by Crippen LogP contribution is -2.30. The molecule has 2 aromatic carbocycles. The maximum Gasteiger partial charge on any atom is 0.323 e. The Morgan fingerprint density at radius 3 is 2.34 bits per heavy atom. The van der Waals surface area contributed by atoms with Crippen LogP contribution < -0.4 is 20.9 Å². The van der Waals surface area contributed by atoms with Gasteiger partial charge in [0.1, 0.15) is 0 Å². The van der Waals surface area contributed by atoms with Gasteiger partial charge in [-0.05, 0) is 61.6 Å². The van der Waals surface area contributed by atoms with Gasteiger partial charge in [-0.2, -0.15) is 0 Å². The predicted molar refractivity (Wildman–Crippen MR) is 119 cm³/mol. The molecule has 0 saturated carbocycles. The minimum Gasteiger partial charge on any atom is -0.371 e. The smallest absolute Gasteiger partial charge is 0.323 e. The van der Waals surface area contributed by atoms with E-state index in [0.717, 1.165) is 42.9 Å². The van der Waals surface area contributed by atoms with Crippen molar-refractivity contribution >= 4 is 29.0 Å². The fourth-order valence-electron chi connectivity index (χ4n) is 3.44. The van der Waals surface area contributed by atoms with Gasteiger partial charge in [-0.1, -0.05) is 26.0 Å². The SMILES string of the molecule is Cc1cccc(NC(=O)Nc2ccc(N3CCCC3)c(C(=O)NCC(C)C)c2)c1. The summed E-state index contributed by atoms with van der Waals surface area (Å²) in [5.74, 6) is 0.263. The third-order valence-corrected chi connectivity index (χ3v) is 4.89. The van der Waals surface area contributed by atoms with Crippen LogP contribution in [0.2, 0.25) is 0 Å². The molecule has 1 heterocycles. The van der Waals surface area contributed by atoms with Gasteiger partial charge in [0.15, 0.2) is 0 Å². The van der Waals surface area contributed by atoms with E-state index in [-0.39, 0.29) is 11.9 Å². The van der Waals surface area contributed by atoms with Gasteiger partial charge in [0.05, 0.1) is 5.56 Å². The Labute approximate surface area is 172 Å².